The summed E-state index contributed by atoms with van der Waals surface area (Å²) >= 11 is 0. The van der Waals surface area contributed by atoms with Crippen molar-refractivity contribution in [1.82, 2.24) is 0 Å². The van der Waals surface area contributed by atoms with Gasteiger partial charge in [-0.05, 0) is 12.8 Å². The van der Waals surface area contributed by atoms with Crippen LogP contribution < -0.4 is 0 Å². The smallest absolute Gasteiger partial charge is 0.303 e. The van der Waals surface area contributed by atoms with E-state index in [9.17, 15) is 4.79 Å². The second kappa shape index (κ2) is 4.13. The number of aliphatic carboxylic acids is 1. The van der Waals surface area contributed by atoms with E-state index in [1.54, 1.807) is 0 Å². The van der Waals surface area contributed by atoms with Crippen molar-refractivity contribution in [1.29, 1.82) is 0 Å². The molecule has 58 valence electrons. The molecule has 2 nitrogen and oxygen atoms in total. The average molecular weight is 178 g/mol. The maximum atomic E-state index is 10.1. The number of hydrogen-bond donors (Lipinski definition) is 1. The first-order chi connectivity index (χ1) is 4.79. The molecule has 0 aromatic rings. The van der Waals surface area contributed by atoms with Crippen molar-refractivity contribution in [2.75, 3.05) is 5.75 Å². The van der Waals surface area contributed by atoms with Gasteiger partial charge in [-0.15, -0.1) is 0 Å². The van der Waals surface area contributed by atoms with E-state index in [4.69, 9.17) is 5.11 Å². The maximum Gasteiger partial charge on any atom is 0.303 e. The highest BCUT2D eigenvalue weighted by atomic mass is 33.1. The van der Waals surface area contributed by atoms with E-state index in [0.717, 1.165) is 6.42 Å². The van der Waals surface area contributed by atoms with Gasteiger partial charge in [0.15, 0.2) is 0 Å². The Hall–Kier alpha value is 0.170. The SMILES string of the molecule is O=C(O)CCC1CCSS1. The van der Waals surface area contributed by atoms with Gasteiger partial charge in [0, 0.05) is 17.4 Å². The lowest BCUT2D eigenvalue weighted by atomic mass is 10.2. The summed E-state index contributed by atoms with van der Waals surface area (Å²) in [6.45, 7) is 0. The predicted molar refractivity (Wildman–Crippen MR) is 45.3 cm³/mol. The fourth-order valence-electron chi connectivity index (χ4n) is 0.849. The molecule has 0 amide bonds. The number of carboxylic acids is 1. The zero-order chi connectivity index (χ0) is 7.40. The van der Waals surface area contributed by atoms with Crippen LogP contribution in [0.4, 0.5) is 0 Å². The van der Waals surface area contributed by atoms with Crippen LogP contribution in [0.25, 0.3) is 0 Å². The van der Waals surface area contributed by atoms with Gasteiger partial charge in [0.1, 0.15) is 0 Å². The van der Waals surface area contributed by atoms with E-state index in [2.05, 4.69) is 0 Å². The molecule has 10 heavy (non-hydrogen) atoms. The van der Waals surface area contributed by atoms with Gasteiger partial charge in [-0.3, -0.25) is 4.79 Å². The molecule has 1 aliphatic rings. The Morgan fingerprint density at radius 1 is 1.70 bits per heavy atom. The average Bonchev–Trinajstić information content (AvgIpc) is 2.34. The summed E-state index contributed by atoms with van der Waals surface area (Å²) in [4.78, 5) is 10.1. The molecule has 0 aliphatic carbocycles. The fourth-order valence-corrected chi connectivity index (χ4v) is 3.83. The van der Waals surface area contributed by atoms with E-state index >= 15 is 0 Å². The molecule has 0 bridgehead atoms. The second-order valence-corrected chi connectivity index (χ2v) is 5.05. The van der Waals surface area contributed by atoms with Crippen molar-refractivity contribution in [2.24, 2.45) is 0 Å². The molecule has 0 saturated carbocycles. The molecule has 0 aromatic carbocycles. The van der Waals surface area contributed by atoms with Gasteiger partial charge in [-0.2, -0.15) is 0 Å². The molecule has 1 rings (SSSR count). The normalized spacial score (nSPS) is 25.0. The molecular weight excluding hydrogens is 168 g/mol. The van der Waals surface area contributed by atoms with Crippen molar-refractivity contribution in [3.63, 3.8) is 0 Å². The zero-order valence-corrected chi connectivity index (χ0v) is 7.21. The molecule has 1 aliphatic heterocycles. The zero-order valence-electron chi connectivity index (χ0n) is 5.58. The predicted octanol–water partition coefficient (Wildman–Crippen LogP) is 2.00. The van der Waals surface area contributed by atoms with Crippen LogP contribution in [0.5, 0.6) is 0 Å². The number of rotatable bonds is 3. The summed E-state index contributed by atoms with van der Waals surface area (Å²) in [7, 11) is 3.70. The van der Waals surface area contributed by atoms with E-state index in [0.29, 0.717) is 11.7 Å². The first-order valence-corrected chi connectivity index (χ1v) is 5.67. The molecule has 1 unspecified atom stereocenters. The minimum absolute atomic E-state index is 0.332. The highest BCUT2D eigenvalue weighted by Crippen LogP contribution is 2.39. The Morgan fingerprint density at radius 2 is 2.50 bits per heavy atom. The highest BCUT2D eigenvalue weighted by molar-refractivity contribution is 8.77. The van der Waals surface area contributed by atoms with Gasteiger partial charge in [0.2, 0.25) is 0 Å². The van der Waals surface area contributed by atoms with Crippen LogP contribution in [0.15, 0.2) is 0 Å². The maximum absolute atomic E-state index is 10.1. The van der Waals surface area contributed by atoms with Crippen LogP contribution in [0.2, 0.25) is 0 Å². The van der Waals surface area contributed by atoms with E-state index < -0.39 is 5.97 Å². The third kappa shape index (κ3) is 2.84. The molecule has 4 heteroatoms. The summed E-state index contributed by atoms with van der Waals surface area (Å²) in [5.41, 5.74) is 0. The van der Waals surface area contributed by atoms with Crippen LogP contribution in [-0.4, -0.2) is 22.1 Å². The van der Waals surface area contributed by atoms with Crippen LogP contribution >= 0.6 is 21.6 Å². The molecule has 0 radical (unpaired) electrons. The molecular formula is C6H10O2S2. The minimum Gasteiger partial charge on any atom is -0.481 e. The Kier molecular flexibility index (Phi) is 3.42. The Labute approximate surface area is 68.2 Å². The number of carbonyl (C=O) groups is 1. The van der Waals surface area contributed by atoms with Crippen LogP contribution in [0, 0.1) is 0 Å². The van der Waals surface area contributed by atoms with Gasteiger partial charge in [0.05, 0.1) is 0 Å². The van der Waals surface area contributed by atoms with E-state index in [-0.39, 0.29) is 0 Å². The van der Waals surface area contributed by atoms with Gasteiger partial charge in [0.25, 0.3) is 0 Å². The standard InChI is InChI=1S/C6H10O2S2/c7-6(8)2-1-5-3-4-9-10-5/h5H,1-4H2,(H,7,8). The Bertz CT molecular complexity index is 121. The van der Waals surface area contributed by atoms with Crippen molar-refractivity contribution < 1.29 is 9.90 Å². The number of carboxylic acid groups (broad SMARTS) is 1. The largest absolute Gasteiger partial charge is 0.481 e. The highest BCUT2D eigenvalue weighted by Gasteiger charge is 2.16. The van der Waals surface area contributed by atoms with E-state index in [1.165, 1.54) is 12.2 Å². The van der Waals surface area contributed by atoms with Gasteiger partial charge >= 0.3 is 5.97 Å². The van der Waals surface area contributed by atoms with Crippen molar-refractivity contribution >= 4 is 27.6 Å². The summed E-state index contributed by atoms with van der Waals surface area (Å²) in [6.07, 6.45) is 2.36. The lowest BCUT2D eigenvalue weighted by molar-refractivity contribution is -0.137. The van der Waals surface area contributed by atoms with Crippen molar-refractivity contribution in [3.05, 3.63) is 0 Å². The lowest BCUT2D eigenvalue weighted by Gasteiger charge is -2.02. The van der Waals surface area contributed by atoms with E-state index in [1.807, 2.05) is 21.6 Å². The van der Waals surface area contributed by atoms with Crippen molar-refractivity contribution in [3.8, 4) is 0 Å². The molecule has 1 fully saturated rings. The lowest BCUT2D eigenvalue weighted by Crippen LogP contribution is -2.02. The molecule has 1 heterocycles. The minimum atomic E-state index is -0.669. The molecule has 0 aromatic heterocycles. The first kappa shape index (κ1) is 8.27. The molecule has 1 atom stereocenters. The van der Waals surface area contributed by atoms with Crippen LogP contribution in [-0.2, 0) is 4.79 Å². The van der Waals surface area contributed by atoms with Crippen molar-refractivity contribution in [2.45, 2.75) is 24.5 Å². The topological polar surface area (TPSA) is 37.3 Å². The second-order valence-electron chi connectivity index (χ2n) is 2.26. The van der Waals surface area contributed by atoms with Gasteiger partial charge in [-0.1, -0.05) is 21.6 Å². The van der Waals surface area contributed by atoms with Crippen LogP contribution in [0.1, 0.15) is 19.3 Å². The van der Waals surface area contributed by atoms with Gasteiger partial charge < -0.3 is 5.11 Å². The summed E-state index contributed by atoms with van der Waals surface area (Å²) < 4.78 is 0. The van der Waals surface area contributed by atoms with Gasteiger partial charge in [-0.25, -0.2) is 0 Å². The fraction of sp³-hybridized carbons (Fsp3) is 0.833. The van der Waals surface area contributed by atoms with Crippen LogP contribution in [0.3, 0.4) is 0 Å². The summed E-state index contributed by atoms with van der Waals surface area (Å²) in [6, 6.07) is 0. The third-order valence-corrected chi connectivity index (χ3v) is 4.41. The summed E-state index contributed by atoms with van der Waals surface area (Å²) in [5.74, 6) is 0.520. The molecule has 1 N–H and O–H groups in total. The number of hydrogen-bond acceptors (Lipinski definition) is 3. The Balaban J connectivity index is 2.07. The third-order valence-electron chi connectivity index (χ3n) is 1.41. The first-order valence-electron chi connectivity index (χ1n) is 3.29. The monoisotopic (exact) mass is 178 g/mol. The summed E-state index contributed by atoms with van der Waals surface area (Å²) in [5, 5.41) is 8.96. The Morgan fingerprint density at radius 3 is 3.00 bits per heavy atom. The molecule has 1 saturated heterocycles. The molecule has 0 spiro atoms. The quantitative estimate of drug-likeness (QED) is 0.671.